The van der Waals surface area contributed by atoms with Crippen LogP contribution < -0.4 is 68.0 Å². The van der Waals surface area contributed by atoms with Gasteiger partial charge in [0.25, 0.3) is 0 Å². The summed E-state index contributed by atoms with van der Waals surface area (Å²) in [5.41, 5.74) is 20.9. The van der Waals surface area contributed by atoms with Crippen molar-refractivity contribution in [2.24, 2.45) is 9.98 Å². The van der Waals surface area contributed by atoms with E-state index >= 15 is 0 Å². The maximum Gasteiger partial charge on any atom is 0.150 e. The van der Waals surface area contributed by atoms with Crippen molar-refractivity contribution in [1.82, 2.24) is 45.9 Å². The zero-order valence-corrected chi connectivity index (χ0v) is 54.1. The SMILES string of the molecule is CNCC1=c2ccccc2=NC1=c1[nH]/c(=C\c2[nH]c(C)cc2C)c(OC)c1CO.COC1=C(CO)C(c2[nH]c3ccccc3c2CNC(C)C)=C/C1=C\c1[nH]c(C)cc1C.COc1c(CO)c(=C2N=c3ccccc3=C2CNCCO)[nH]/c1=C\c1[nH]c(C)cc1C. The number of allylic oxidation sites excluding steroid dienone is 1. The first-order valence-electron chi connectivity index (χ1n) is 30.7. The van der Waals surface area contributed by atoms with Gasteiger partial charge in [0.15, 0.2) is 0 Å². The lowest BCUT2D eigenvalue weighted by Crippen LogP contribution is -2.28. The zero-order chi connectivity index (χ0) is 64.6. The Hall–Kier alpha value is -9.24. The number of aliphatic hydroxyl groups excluding tert-OH is 4. The van der Waals surface area contributed by atoms with Crippen molar-refractivity contribution < 1.29 is 34.6 Å². The van der Waals surface area contributed by atoms with Gasteiger partial charge in [0.2, 0.25) is 0 Å². The molecule has 0 amide bonds. The Kier molecular flexibility index (Phi) is 20.4. The minimum absolute atomic E-state index is 0.0631. The van der Waals surface area contributed by atoms with Gasteiger partial charge in [0, 0.05) is 127 Å². The van der Waals surface area contributed by atoms with Crippen LogP contribution in [0.3, 0.4) is 0 Å². The van der Waals surface area contributed by atoms with Gasteiger partial charge in [-0.25, -0.2) is 9.98 Å². The molecule has 1 aliphatic carbocycles. The summed E-state index contributed by atoms with van der Waals surface area (Å²) in [5.74, 6) is 1.95. The van der Waals surface area contributed by atoms with Crippen LogP contribution in [0.15, 0.2) is 124 Å². The third-order valence-electron chi connectivity index (χ3n) is 16.5. The molecule has 3 aliphatic rings. The summed E-state index contributed by atoms with van der Waals surface area (Å²) in [5, 5.41) is 58.1. The number of aromatic nitrogens is 6. The van der Waals surface area contributed by atoms with Crippen LogP contribution in [0.5, 0.6) is 11.5 Å². The van der Waals surface area contributed by atoms with Gasteiger partial charge >= 0.3 is 0 Å². The molecule has 3 aromatic carbocycles. The van der Waals surface area contributed by atoms with E-state index in [1.807, 2.05) is 81.6 Å². The van der Waals surface area contributed by atoms with Crippen LogP contribution in [0.2, 0.25) is 0 Å². The highest BCUT2D eigenvalue weighted by Crippen LogP contribution is 2.41. The summed E-state index contributed by atoms with van der Waals surface area (Å²) < 4.78 is 17.1. The lowest BCUT2D eigenvalue weighted by molar-refractivity contribution is 0.273. The molecule has 0 bridgehead atoms. The molecule has 12 rings (SSSR count). The summed E-state index contributed by atoms with van der Waals surface area (Å²) in [7, 11) is 6.81. The molecule has 91 heavy (non-hydrogen) atoms. The van der Waals surface area contributed by atoms with Crippen LogP contribution in [0.25, 0.3) is 57.2 Å². The number of aromatic amines is 6. The molecule has 2 aliphatic heterocycles. The topological polar surface area (TPSA) is 264 Å². The Morgan fingerprint density at radius 2 is 1.03 bits per heavy atom. The second-order valence-corrected chi connectivity index (χ2v) is 23.3. The molecule has 0 unspecified atom stereocenters. The number of methoxy groups -OCH3 is 3. The summed E-state index contributed by atoms with van der Waals surface area (Å²) in [6, 6.07) is 31.1. The van der Waals surface area contributed by atoms with Crippen molar-refractivity contribution in [3.63, 3.8) is 0 Å². The summed E-state index contributed by atoms with van der Waals surface area (Å²) in [6.45, 7) is 18.7. The summed E-state index contributed by atoms with van der Waals surface area (Å²) in [4.78, 5) is 30.4. The van der Waals surface area contributed by atoms with Crippen LogP contribution in [-0.2, 0) is 24.5 Å². The predicted molar refractivity (Wildman–Crippen MR) is 362 cm³/mol. The van der Waals surface area contributed by atoms with Crippen LogP contribution in [0, 0.1) is 41.5 Å². The van der Waals surface area contributed by atoms with Crippen molar-refractivity contribution in [3.8, 4) is 11.5 Å². The van der Waals surface area contributed by atoms with E-state index in [0.717, 1.165) is 145 Å². The standard InChI is InChI=1S/C26H31N3O2.C24H28N4O3.C23H26N4O2/c1-15(2)27-13-21-19-8-6-7-9-23(19)29-25(21)20-11-18(26(31-5)22(20)14-30)12-24-16(3)10-17(4)28-24;1-14-10-15(2)26-20(14)11-21-24(31-3)18(13-30)23(28-21)22-17(12-25-8-9-29)16-6-4-5-7-19(16)27-22;1-13-9-14(2)25-19(13)10-20-23(29-4)17(12-28)22(27-20)21-16(11-24-3)15-7-5-6-8-18(15)26-21/h6-12,15,27-30H,13-14H2,1-5H3;4-7,10-11,25-26,28-30H,8-9,12-13H2,1-3H3;5-10,24-25,27-28H,11-12H2,1-4H3/b18-12+;21-11-,23-22?;20-10-,22-21?. The van der Waals surface area contributed by atoms with Crippen LogP contribution >= 0.6 is 0 Å². The third kappa shape index (κ3) is 13.5. The molecule has 9 aromatic rings. The number of para-hydroxylation sites is 3. The first-order valence-corrected chi connectivity index (χ1v) is 30.7. The van der Waals surface area contributed by atoms with E-state index in [2.05, 4.69) is 142 Å². The van der Waals surface area contributed by atoms with E-state index < -0.39 is 0 Å². The molecule has 474 valence electrons. The first kappa shape index (κ1) is 64.7. The zero-order valence-electron chi connectivity index (χ0n) is 54.1. The fraction of sp³-hybridized carbons (Fsp3) is 0.288. The summed E-state index contributed by atoms with van der Waals surface area (Å²) in [6.07, 6.45) is 8.22. The number of rotatable bonds is 19. The molecule has 0 atom stereocenters. The van der Waals surface area contributed by atoms with Gasteiger partial charge in [-0.3, -0.25) is 0 Å². The van der Waals surface area contributed by atoms with Gasteiger partial charge in [0.05, 0.1) is 97.0 Å². The number of nitrogens with zero attached hydrogens (tertiary/aromatic N) is 2. The van der Waals surface area contributed by atoms with Crippen molar-refractivity contribution in [1.29, 1.82) is 0 Å². The minimum atomic E-state index is -0.182. The minimum Gasteiger partial charge on any atom is -0.496 e. The molecular formula is C73H85N11O7. The average Bonchev–Trinajstić information content (AvgIpc) is 1.82. The van der Waals surface area contributed by atoms with Crippen molar-refractivity contribution in [3.05, 3.63) is 230 Å². The maximum atomic E-state index is 10.3. The van der Waals surface area contributed by atoms with Crippen molar-refractivity contribution in [2.45, 2.75) is 81.2 Å². The number of aryl methyl sites for hydroxylation is 6. The van der Waals surface area contributed by atoms with Gasteiger partial charge in [-0.15, -0.1) is 0 Å². The number of aliphatic hydroxyl groups is 4. The number of nitrogens with one attached hydrogen (secondary N) is 9. The molecule has 0 radical (unpaired) electrons. The number of ether oxygens (including phenoxy) is 3. The molecule has 18 heteroatoms. The molecule has 8 heterocycles. The molecule has 18 nitrogen and oxygen atoms in total. The van der Waals surface area contributed by atoms with E-state index in [4.69, 9.17) is 24.2 Å². The number of H-pyrrole nitrogens is 6. The summed E-state index contributed by atoms with van der Waals surface area (Å²) >= 11 is 0. The van der Waals surface area contributed by atoms with E-state index in [-0.39, 0.29) is 26.4 Å². The second kappa shape index (κ2) is 28.7. The fourth-order valence-corrected chi connectivity index (χ4v) is 12.4. The fourth-order valence-electron chi connectivity index (χ4n) is 12.4. The van der Waals surface area contributed by atoms with Crippen LogP contribution in [-0.4, -0.2) is 118 Å². The van der Waals surface area contributed by atoms with E-state index in [9.17, 15) is 20.4 Å². The van der Waals surface area contributed by atoms with E-state index in [0.29, 0.717) is 54.1 Å². The lowest BCUT2D eigenvalue weighted by Gasteiger charge is -2.12. The highest BCUT2D eigenvalue weighted by atomic mass is 16.5. The molecule has 0 saturated carbocycles. The van der Waals surface area contributed by atoms with Crippen molar-refractivity contribution in [2.75, 3.05) is 61.2 Å². The van der Waals surface area contributed by atoms with Crippen molar-refractivity contribution >= 4 is 57.2 Å². The Bertz CT molecular complexity index is 4830. The number of fused-ring (bicyclic) bond motifs is 3. The Balaban J connectivity index is 0.000000150. The van der Waals surface area contributed by atoms with Crippen LogP contribution in [0.1, 0.15) is 87.1 Å². The quantitative estimate of drug-likeness (QED) is 0.0503. The molecule has 6 aromatic heterocycles. The molecule has 13 N–H and O–H groups in total. The average molecular weight is 1230 g/mol. The Labute approximate surface area is 529 Å². The third-order valence-corrected chi connectivity index (χ3v) is 16.5. The van der Waals surface area contributed by atoms with Gasteiger partial charge < -0.3 is 80.5 Å². The maximum absolute atomic E-state index is 10.3. The smallest absolute Gasteiger partial charge is 0.150 e. The van der Waals surface area contributed by atoms with E-state index in [1.165, 1.54) is 16.5 Å². The lowest BCUT2D eigenvalue weighted by atomic mass is 10.0. The highest BCUT2D eigenvalue weighted by molar-refractivity contribution is 5.96. The number of hydrogen-bond donors (Lipinski definition) is 13. The Morgan fingerprint density at radius 1 is 0.538 bits per heavy atom. The normalized spacial score (nSPS) is 15.5. The highest BCUT2D eigenvalue weighted by Gasteiger charge is 2.28. The Morgan fingerprint density at radius 3 is 1.48 bits per heavy atom. The molecule has 0 spiro atoms. The molecular weight excluding hydrogens is 1140 g/mol. The first-order chi connectivity index (χ1) is 44.1. The largest absolute Gasteiger partial charge is 0.496 e. The number of benzene rings is 3. The number of hydrogen-bond acceptors (Lipinski definition) is 12. The molecule has 0 fully saturated rings. The predicted octanol–water partition coefficient (Wildman–Crippen LogP) is 4.55. The van der Waals surface area contributed by atoms with E-state index in [1.54, 1.807) is 21.3 Å². The van der Waals surface area contributed by atoms with Gasteiger partial charge in [-0.05, 0) is 132 Å². The van der Waals surface area contributed by atoms with Gasteiger partial charge in [-0.2, -0.15) is 0 Å². The van der Waals surface area contributed by atoms with Crippen LogP contribution in [0.4, 0.5) is 0 Å². The van der Waals surface area contributed by atoms with Gasteiger partial charge in [0.1, 0.15) is 17.3 Å². The second-order valence-electron chi connectivity index (χ2n) is 23.3. The van der Waals surface area contributed by atoms with Gasteiger partial charge in [-0.1, -0.05) is 68.4 Å². The molecule has 0 saturated heterocycles. The monoisotopic (exact) mass is 1230 g/mol.